The van der Waals surface area contributed by atoms with Crippen molar-refractivity contribution in [2.24, 2.45) is 5.92 Å². The van der Waals surface area contributed by atoms with Crippen LogP contribution in [0.2, 0.25) is 0 Å². The van der Waals surface area contributed by atoms with Crippen molar-refractivity contribution in [1.29, 1.82) is 0 Å². The fourth-order valence-electron chi connectivity index (χ4n) is 3.91. The molecule has 156 valence electrons. The standard InChI is InChI=1S/C22H22FN3O4/c1-30-19-13-15(6-9-18(19)26-11-2-3-20(26)27)24-21(28)17-10-12-25(22(17)29)16-7-4-14(23)5-8-16/h4-9,13,17H,2-3,10-12H2,1H3,(H,24,28). The lowest BCUT2D eigenvalue weighted by molar-refractivity contribution is -0.129. The lowest BCUT2D eigenvalue weighted by Crippen LogP contribution is -2.33. The third-order valence-electron chi connectivity index (χ3n) is 5.47. The van der Waals surface area contributed by atoms with Crippen molar-refractivity contribution in [2.75, 3.05) is 35.3 Å². The van der Waals surface area contributed by atoms with Crippen LogP contribution >= 0.6 is 0 Å². The van der Waals surface area contributed by atoms with E-state index in [1.54, 1.807) is 23.1 Å². The molecule has 0 aliphatic carbocycles. The summed E-state index contributed by atoms with van der Waals surface area (Å²) in [6.45, 7) is 1.03. The Morgan fingerprint density at radius 3 is 2.53 bits per heavy atom. The second-order valence-corrected chi connectivity index (χ2v) is 7.33. The van der Waals surface area contributed by atoms with E-state index in [9.17, 15) is 18.8 Å². The first-order valence-corrected chi connectivity index (χ1v) is 9.84. The number of carbonyl (C=O) groups is 3. The fraction of sp³-hybridized carbons (Fsp3) is 0.318. The molecule has 0 saturated carbocycles. The minimum atomic E-state index is -0.819. The maximum Gasteiger partial charge on any atom is 0.239 e. The minimum absolute atomic E-state index is 0.0440. The topological polar surface area (TPSA) is 79.0 Å². The molecule has 2 aliphatic rings. The molecule has 3 amide bonds. The molecular formula is C22H22FN3O4. The number of carbonyl (C=O) groups excluding carboxylic acids is 3. The summed E-state index contributed by atoms with van der Waals surface area (Å²) in [7, 11) is 1.51. The normalized spacial score (nSPS) is 18.8. The first-order valence-electron chi connectivity index (χ1n) is 9.84. The number of hydrogen-bond donors (Lipinski definition) is 1. The van der Waals surface area contributed by atoms with E-state index in [0.717, 1.165) is 6.42 Å². The molecule has 1 atom stereocenters. The molecule has 2 heterocycles. The van der Waals surface area contributed by atoms with Crippen LogP contribution in [0.4, 0.5) is 21.5 Å². The van der Waals surface area contributed by atoms with Gasteiger partial charge in [0.1, 0.15) is 17.5 Å². The summed E-state index contributed by atoms with van der Waals surface area (Å²) in [6.07, 6.45) is 1.68. The Hall–Kier alpha value is -3.42. The van der Waals surface area contributed by atoms with E-state index in [2.05, 4.69) is 5.32 Å². The molecule has 2 aromatic carbocycles. The number of ether oxygens (including phenoxy) is 1. The monoisotopic (exact) mass is 411 g/mol. The maximum atomic E-state index is 13.1. The van der Waals surface area contributed by atoms with Crippen molar-refractivity contribution in [1.82, 2.24) is 0 Å². The molecule has 0 spiro atoms. The number of nitrogens with one attached hydrogen (secondary N) is 1. The van der Waals surface area contributed by atoms with Gasteiger partial charge < -0.3 is 19.9 Å². The summed E-state index contributed by atoms with van der Waals surface area (Å²) in [6, 6.07) is 10.7. The Balaban J connectivity index is 1.46. The molecule has 0 aromatic heterocycles. The first kappa shape index (κ1) is 19.9. The van der Waals surface area contributed by atoms with Crippen LogP contribution < -0.4 is 19.9 Å². The Bertz CT molecular complexity index is 992. The van der Waals surface area contributed by atoms with Crippen LogP contribution in [0.5, 0.6) is 5.75 Å². The molecule has 30 heavy (non-hydrogen) atoms. The molecule has 2 saturated heterocycles. The fourth-order valence-corrected chi connectivity index (χ4v) is 3.91. The van der Waals surface area contributed by atoms with Crippen LogP contribution in [0.15, 0.2) is 42.5 Å². The highest BCUT2D eigenvalue weighted by molar-refractivity contribution is 6.13. The second-order valence-electron chi connectivity index (χ2n) is 7.33. The van der Waals surface area contributed by atoms with E-state index in [-0.39, 0.29) is 17.6 Å². The Kier molecular flexibility index (Phi) is 5.39. The Morgan fingerprint density at radius 1 is 1.10 bits per heavy atom. The number of hydrogen-bond acceptors (Lipinski definition) is 4. The van der Waals surface area contributed by atoms with Gasteiger partial charge in [0.15, 0.2) is 0 Å². The van der Waals surface area contributed by atoms with Crippen LogP contribution in [-0.4, -0.2) is 37.9 Å². The highest BCUT2D eigenvalue weighted by Crippen LogP contribution is 2.34. The first-order chi connectivity index (χ1) is 14.5. The molecule has 1 N–H and O–H groups in total. The summed E-state index contributed by atoms with van der Waals surface area (Å²) < 4.78 is 18.5. The molecule has 0 bridgehead atoms. The average molecular weight is 411 g/mol. The number of anilines is 3. The van der Waals surface area contributed by atoms with E-state index in [4.69, 9.17) is 4.74 Å². The number of halogens is 1. The van der Waals surface area contributed by atoms with Gasteiger partial charge in [-0.25, -0.2) is 4.39 Å². The van der Waals surface area contributed by atoms with Gasteiger partial charge >= 0.3 is 0 Å². The van der Waals surface area contributed by atoms with Crippen molar-refractivity contribution < 1.29 is 23.5 Å². The summed E-state index contributed by atoms with van der Waals surface area (Å²) in [5, 5.41) is 2.77. The molecule has 0 radical (unpaired) electrons. The van der Waals surface area contributed by atoms with Crippen molar-refractivity contribution >= 4 is 34.8 Å². The van der Waals surface area contributed by atoms with Gasteiger partial charge in [-0.3, -0.25) is 14.4 Å². The van der Waals surface area contributed by atoms with E-state index >= 15 is 0 Å². The SMILES string of the molecule is COc1cc(NC(=O)C2CCN(c3ccc(F)cc3)C2=O)ccc1N1CCCC1=O. The van der Waals surface area contributed by atoms with Gasteiger partial charge in [-0.1, -0.05) is 0 Å². The Labute approximate surface area is 173 Å². The van der Waals surface area contributed by atoms with Crippen LogP contribution in [0.3, 0.4) is 0 Å². The van der Waals surface area contributed by atoms with Gasteiger partial charge in [0, 0.05) is 37.0 Å². The molecule has 8 heteroatoms. The van der Waals surface area contributed by atoms with Crippen molar-refractivity contribution in [2.45, 2.75) is 19.3 Å². The maximum absolute atomic E-state index is 13.1. The molecule has 2 aromatic rings. The van der Waals surface area contributed by atoms with Crippen LogP contribution in [0.25, 0.3) is 0 Å². The predicted molar refractivity (Wildman–Crippen MR) is 110 cm³/mol. The zero-order chi connectivity index (χ0) is 21.3. The highest BCUT2D eigenvalue weighted by Gasteiger charge is 2.37. The van der Waals surface area contributed by atoms with Gasteiger partial charge in [0.05, 0.1) is 12.8 Å². The number of benzene rings is 2. The third-order valence-corrected chi connectivity index (χ3v) is 5.47. The minimum Gasteiger partial charge on any atom is -0.494 e. The molecule has 1 unspecified atom stereocenters. The number of rotatable bonds is 5. The molecular weight excluding hydrogens is 389 g/mol. The van der Waals surface area contributed by atoms with Crippen LogP contribution in [0, 0.1) is 11.7 Å². The van der Waals surface area contributed by atoms with E-state index in [1.165, 1.54) is 36.3 Å². The number of nitrogens with zero attached hydrogens (tertiary/aromatic N) is 2. The zero-order valence-electron chi connectivity index (χ0n) is 16.6. The van der Waals surface area contributed by atoms with Gasteiger partial charge in [-0.2, -0.15) is 0 Å². The van der Waals surface area contributed by atoms with Gasteiger partial charge in [0.2, 0.25) is 17.7 Å². The van der Waals surface area contributed by atoms with Crippen molar-refractivity contribution in [3.63, 3.8) is 0 Å². The van der Waals surface area contributed by atoms with Crippen molar-refractivity contribution in [3.05, 3.63) is 48.3 Å². The van der Waals surface area contributed by atoms with Crippen LogP contribution in [0.1, 0.15) is 19.3 Å². The average Bonchev–Trinajstić information content (AvgIpc) is 3.34. The lowest BCUT2D eigenvalue weighted by atomic mass is 10.1. The third kappa shape index (κ3) is 3.72. The van der Waals surface area contributed by atoms with Crippen LogP contribution in [-0.2, 0) is 14.4 Å². The van der Waals surface area contributed by atoms with Gasteiger partial charge in [0.25, 0.3) is 0 Å². The van der Waals surface area contributed by atoms with E-state index in [1.807, 2.05) is 0 Å². The summed E-state index contributed by atoms with van der Waals surface area (Å²) in [5.74, 6) is -1.40. The predicted octanol–water partition coefficient (Wildman–Crippen LogP) is 2.95. The molecule has 2 fully saturated rings. The summed E-state index contributed by atoms with van der Waals surface area (Å²) in [5.41, 5.74) is 1.72. The molecule has 7 nitrogen and oxygen atoms in total. The highest BCUT2D eigenvalue weighted by atomic mass is 19.1. The van der Waals surface area contributed by atoms with Gasteiger partial charge in [-0.05, 0) is 49.2 Å². The van der Waals surface area contributed by atoms with E-state index < -0.39 is 11.8 Å². The largest absolute Gasteiger partial charge is 0.494 e. The second kappa shape index (κ2) is 8.14. The zero-order valence-corrected chi connectivity index (χ0v) is 16.6. The summed E-state index contributed by atoms with van der Waals surface area (Å²) >= 11 is 0. The number of amides is 3. The summed E-state index contributed by atoms with van der Waals surface area (Å²) in [4.78, 5) is 40.6. The lowest BCUT2D eigenvalue weighted by Gasteiger charge is -2.20. The van der Waals surface area contributed by atoms with Gasteiger partial charge in [-0.15, -0.1) is 0 Å². The number of methoxy groups -OCH3 is 1. The van der Waals surface area contributed by atoms with E-state index in [0.29, 0.717) is 48.7 Å². The Morgan fingerprint density at radius 2 is 1.87 bits per heavy atom. The molecule has 2 aliphatic heterocycles. The molecule has 4 rings (SSSR count). The quantitative estimate of drug-likeness (QED) is 0.768. The smallest absolute Gasteiger partial charge is 0.239 e. The van der Waals surface area contributed by atoms with Crippen molar-refractivity contribution in [3.8, 4) is 5.75 Å².